The lowest BCUT2D eigenvalue weighted by molar-refractivity contribution is -0.119. The number of pyridine rings is 1. The lowest BCUT2D eigenvalue weighted by atomic mass is 10.00. The molecule has 1 amide bonds. The minimum Gasteiger partial charge on any atom is -0.321 e. The van der Waals surface area contributed by atoms with Crippen molar-refractivity contribution >= 4 is 11.6 Å². The Morgan fingerprint density at radius 3 is 2.76 bits per heavy atom. The van der Waals surface area contributed by atoms with Crippen LogP contribution in [0.1, 0.15) is 31.9 Å². The van der Waals surface area contributed by atoms with Gasteiger partial charge in [-0.05, 0) is 31.4 Å². The van der Waals surface area contributed by atoms with Crippen molar-refractivity contribution in [2.24, 2.45) is 5.92 Å². The van der Waals surface area contributed by atoms with Gasteiger partial charge in [0.15, 0.2) is 11.6 Å². The Balaban J connectivity index is 1.83. The second-order valence-electron chi connectivity index (χ2n) is 7.98. The number of amides is 1. The Morgan fingerprint density at radius 2 is 1.94 bits per heavy atom. The van der Waals surface area contributed by atoms with E-state index in [9.17, 15) is 9.59 Å². The summed E-state index contributed by atoms with van der Waals surface area (Å²) in [6, 6.07) is 5.16. The van der Waals surface area contributed by atoms with Crippen LogP contribution in [-0.2, 0) is 11.2 Å². The van der Waals surface area contributed by atoms with Gasteiger partial charge in [-0.2, -0.15) is 9.78 Å². The fourth-order valence-corrected chi connectivity index (χ4v) is 3.91. The molecule has 0 saturated carbocycles. The molecule has 0 aromatic carbocycles. The number of hydrogen-bond acceptors (Lipinski definition) is 7. The number of anilines is 1. The van der Waals surface area contributed by atoms with Crippen LogP contribution in [0.2, 0.25) is 0 Å². The van der Waals surface area contributed by atoms with Gasteiger partial charge in [-0.15, -0.1) is 0 Å². The Labute approximate surface area is 189 Å². The van der Waals surface area contributed by atoms with E-state index in [0.717, 1.165) is 36.9 Å². The first-order valence-electron chi connectivity index (χ1n) is 10.8. The fraction of sp³-hybridized carbons (Fsp3) is 0.261. The van der Waals surface area contributed by atoms with Gasteiger partial charge in [0.25, 0.3) is 5.56 Å². The van der Waals surface area contributed by atoms with Crippen LogP contribution in [0.4, 0.5) is 5.69 Å². The Hall–Kier alpha value is -4.21. The third-order valence-corrected chi connectivity index (χ3v) is 5.68. The first-order chi connectivity index (χ1) is 16.1. The second kappa shape index (κ2) is 8.73. The summed E-state index contributed by atoms with van der Waals surface area (Å²) < 4.78 is 2.85. The Kier molecular flexibility index (Phi) is 5.47. The highest BCUT2D eigenvalue weighted by Gasteiger charge is 2.27. The Morgan fingerprint density at radius 1 is 1.03 bits per heavy atom. The van der Waals surface area contributed by atoms with Crippen molar-refractivity contribution in [3.8, 4) is 22.9 Å². The second-order valence-corrected chi connectivity index (χ2v) is 7.98. The van der Waals surface area contributed by atoms with Gasteiger partial charge in [0, 0.05) is 48.0 Å². The quantitative estimate of drug-likeness (QED) is 0.506. The molecule has 5 heterocycles. The van der Waals surface area contributed by atoms with Crippen molar-refractivity contribution in [1.82, 2.24) is 34.3 Å². The number of aromatic nitrogens is 7. The standard InChI is InChI=1S/C23H22N8O2/c1-15-4-2-3-5-17-12-16(6-9-26-17)20-21(28-22(15)33)23(30-14-25-8-7-19(30)32)31(29-20)18-13-24-10-11-27-18/h6-15H,2-5H2,1H3,(H,28,33). The maximum Gasteiger partial charge on any atom is 0.259 e. The van der Waals surface area contributed by atoms with Crippen molar-refractivity contribution in [3.63, 3.8) is 0 Å². The zero-order valence-corrected chi connectivity index (χ0v) is 18.0. The lowest BCUT2D eigenvalue weighted by Crippen LogP contribution is -2.25. The number of carbonyl (C=O) groups is 1. The van der Waals surface area contributed by atoms with Crippen molar-refractivity contribution in [3.05, 3.63) is 71.6 Å². The summed E-state index contributed by atoms with van der Waals surface area (Å²) in [5.74, 6) is 0.390. The van der Waals surface area contributed by atoms with Crippen LogP contribution in [-0.4, -0.2) is 40.2 Å². The molecule has 0 spiro atoms. The van der Waals surface area contributed by atoms with Crippen molar-refractivity contribution in [1.29, 1.82) is 0 Å². The molecule has 0 aliphatic carbocycles. The zero-order chi connectivity index (χ0) is 22.8. The molecule has 1 aliphatic heterocycles. The molecule has 0 fully saturated rings. The minimum absolute atomic E-state index is 0.136. The molecule has 166 valence electrons. The van der Waals surface area contributed by atoms with E-state index in [-0.39, 0.29) is 17.4 Å². The molecule has 1 atom stereocenters. The molecule has 4 aromatic rings. The van der Waals surface area contributed by atoms with Gasteiger partial charge in [-0.1, -0.05) is 13.3 Å². The van der Waals surface area contributed by atoms with Crippen LogP contribution < -0.4 is 10.9 Å². The van der Waals surface area contributed by atoms with E-state index in [0.29, 0.717) is 23.0 Å². The highest BCUT2D eigenvalue weighted by Crippen LogP contribution is 2.35. The maximum atomic E-state index is 13.1. The van der Waals surface area contributed by atoms with Crippen LogP contribution in [0.15, 0.2) is 60.3 Å². The molecule has 10 nitrogen and oxygen atoms in total. The number of aryl methyl sites for hydroxylation is 1. The summed E-state index contributed by atoms with van der Waals surface area (Å²) in [5.41, 5.74) is 2.33. The molecular weight excluding hydrogens is 420 g/mol. The number of fused-ring (bicyclic) bond motifs is 4. The third-order valence-electron chi connectivity index (χ3n) is 5.68. The van der Waals surface area contributed by atoms with E-state index < -0.39 is 0 Å². The molecule has 0 saturated heterocycles. The molecule has 1 unspecified atom stereocenters. The van der Waals surface area contributed by atoms with Gasteiger partial charge in [0.05, 0.1) is 6.20 Å². The van der Waals surface area contributed by atoms with Crippen LogP contribution in [0.5, 0.6) is 0 Å². The van der Waals surface area contributed by atoms with Gasteiger partial charge >= 0.3 is 0 Å². The van der Waals surface area contributed by atoms with Crippen molar-refractivity contribution < 1.29 is 4.79 Å². The normalized spacial score (nSPS) is 16.3. The largest absolute Gasteiger partial charge is 0.321 e. The average Bonchev–Trinajstić information content (AvgIpc) is 3.21. The zero-order valence-electron chi connectivity index (χ0n) is 18.0. The van der Waals surface area contributed by atoms with Crippen molar-refractivity contribution in [2.75, 3.05) is 5.32 Å². The molecule has 1 aliphatic rings. The molecule has 4 aromatic heterocycles. The monoisotopic (exact) mass is 442 g/mol. The summed E-state index contributed by atoms with van der Waals surface area (Å²) in [7, 11) is 0. The summed E-state index contributed by atoms with van der Waals surface area (Å²) in [4.78, 5) is 43.1. The molecule has 5 rings (SSSR count). The van der Waals surface area contributed by atoms with Crippen LogP contribution >= 0.6 is 0 Å². The minimum atomic E-state index is -0.318. The van der Waals surface area contributed by atoms with Gasteiger partial charge in [0.2, 0.25) is 5.91 Å². The van der Waals surface area contributed by atoms with Gasteiger partial charge in [0.1, 0.15) is 17.7 Å². The SMILES string of the molecule is CC1CCCCc2cc(ccn2)-c2nn(-c3cnccn3)c(-n3cnccc3=O)c2NC1=O. The number of nitrogens with one attached hydrogen (secondary N) is 1. The smallest absolute Gasteiger partial charge is 0.259 e. The molecule has 10 heteroatoms. The molecule has 2 bridgehead atoms. The molecule has 0 radical (unpaired) electrons. The van der Waals surface area contributed by atoms with Crippen LogP contribution in [0, 0.1) is 5.92 Å². The average molecular weight is 442 g/mol. The van der Waals surface area contributed by atoms with Crippen LogP contribution in [0.25, 0.3) is 22.9 Å². The summed E-state index contributed by atoms with van der Waals surface area (Å²) in [6.07, 6.45) is 12.6. The van der Waals surface area contributed by atoms with Gasteiger partial charge in [-0.25, -0.2) is 14.5 Å². The highest BCUT2D eigenvalue weighted by atomic mass is 16.2. The summed E-state index contributed by atoms with van der Waals surface area (Å²) in [5, 5.41) is 7.83. The van der Waals surface area contributed by atoms with E-state index in [1.54, 1.807) is 24.8 Å². The number of rotatable bonds is 2. The van der Waals surface area contributed by atoms with E-state index in [1.807, 2.05) is 19.1 Å². The molecule has 33 heavy (non-hydrogen) atoms. The predicted octanol–water partition coefficient (Wildman–Crippen LogP) is 2.57. The summed E-state index contributed by atoms with van der Waals surface area (Å²) >= 11 is 0. The van der Waals surface area contributed by atoms with E-state index in [1.165, 1.54) is 27.8 Å². The van der Waals surface area contributed by atoms with Crippen LogP contribution in [0.3, 0.4) is 0 Å². The fourth-order valence-electron chi connectivity index (χ4n) is 3.91. The third kappa shape index (κ3) is 4.02. The summed E-state index contributed by atoms with van der Waals surface area (Å²) in [6.45, 7) is 1.90. The predicted molar refractivity (Wildman–Crippen MR) is 121 cm³/mol. The topological polar surface area (TPSA) is 120 Å². The van der Waals surface area contributed by atoms with Gasteiger partial charge < -0.3 is 5.32 Å². The number of nitrogens with zero attached hydrogens (tertiary/aromatic N) is 7. The maximum absolute atomic E-state index is 13.1. The first-order valence-corrected chi connectivity index (χ1v) is 10.8. The van der Waals surface area contributed by atoms with Gasteiger partial charge in [-0.3, -0.25) is 19.6 Å². The van der Waals surface area contributed by atoms with Crippen molar-refractivity contribution in [2.45, 2.75) is 32.6 Å². The molecular formula is C23H22N8O2. The van der Waals surface area contributed by atoms with E-state index in [4.69, 9.17) is 5.10 Å². The molecule has 1 N–H and O–H groups in total. The first kappa shape index (κ1) is 20.7. The Bertz CT molecular complexity index is 1360. The lowest BCUT2D eigenvalue weighted by Gasteiger charge is -2.16. The highest BCUT2D eigenvalue weighted by molar-refractivity contribution is 5.98. The van der Waals surface area contributed by atoms with E-state index >= 15 is 0 Å². The number of carbonyl (C=O) groups excluding carboxylic acids is 1. The van der Waals surface area contributed by atoms with E-state index in [2.05, 4.69) is 25.3 Å². The number of hydrogen-bond donors (Lipinski definition) is 1.